The number of nitrogens with one attached hydrogen (secondary N) is 2. The first-order valence-electron chi connectivity index (χ1n) is 7.63. The number of nitro groups is 1. The normalized spacial score (nSPS) is 10.5. The third-order valence-corrected chi connectivity index (χ3v) is 3.49. The lowest BCUT2D eigenvalue weighted by Gasteiger charge is -2.04. The molecule has 2 rings (SSSR count). The van der Waals surface area contributed by atoms with Crippen molar-refractivity contribution in [1.82, 2.24) is 24.9 Å². The van der Waals surface area contributed by atoms with E-state index >= 15 is 0 Å². The van der Waals surface area contributed by atoms with Crippen LogP contribution < -0.4 is 10.6 Å². The van der Waals surface area contributed by atoms with Gasteiger partial charge < -0.3 is 10.6 Å². The second-order valence-electron chi connectivity index (χ2n) is 5.24. The van der Waals surface area contributed by atoms with Gasteiger partial charge in [-0.25, -0.2) is 0 Å². The Morgan fingerprint density at radius 3 is 2.56 bits per heavy atom. The van der Waals surface area contributed by atoms with Gasteiger partial charge in [0, 0.05) is 32.8 Å². The maximum atomic E-state index is 12.1. The molecule has 0 aliphatic heterocycles. The van der Waals surface area contributed by atoms with Gasteiger partial charge in [-0.3, -0.25) is 29.1 Å². The van der Waals surface area contributed by atoms with Gasteiger partial charge in [-0.05, 0) is 13.8 Å². The number of carbonyl (C=O) groups is 2. The summed E-state index contributed by atoms with van der Waals surface area (Å²) in [7, 11) is 1.48. The summed E-state index contributed by atoms with van der Waals surface area (Å²) in [5.41, 5.74) is 0.639. The Morgan fingerprint density at radius 2 is 2.00 bits per heavy atom. The van der Waals surface area contributed by atoms with Crippen molar-refractivity contribution in [2.45, 2.75) is 33.4 Å². The predicted octanol–water partition coefficient (Wildman–Crippen LogP) is 0.705. The Labute approximate surface area is 143 Å². The molecule has 0 aliphatic rings. The minimum atomic E-state index is -0.520. The number of hydrogen-bond acceptors (Lipinski definition) is 6. The van der Waals surface area contributed by atoms with E-state index in [-0.39, 0.29) is 35.9 Å². The highest BCUT2D eigenvalue weighted by atomic mass is 16.6. The number of amides is 2. The third kappa shape index (κ3) is 4.19. The van der Waals surface area contributed by atoms with Crippen LogP contribution in [0.3, 0.4) is 0 Å². The Kier molecular flexibility index (Phi) is 5.47. The molecule has 2 amide bonds. The SMILES string of the molecule is CCn1cc(NC(=O)CCn2cc([N+](=O)[O-])c(C)n2)c(C(=O)NC)n1. The van der Waals surface area contributed by atoms with Crippen LogP contribution in [-0.2, 0) is 17.9 Å². The van der Waals surface area contributed by atoms with Crippen LogP contribution in [0.5, 0.6) is 0 Å². The smallest absolute Gasteiger partial charge is 0.309 e. The third-order valence-electron chi connectivity index (χ3n) is 3.49. The molecule has 2 aromatic rings. The second kappa shape index (κ2) is 7.55. The number of rotatable bonds is 7. The second-order valence-corrected chi connectivity index (χ2v) is 5.24. The van der Waals surface area contributed by atoms with E-state index in [4.69, 9.17) is 0 Å². The summed E-state index contributed by atoms with van der Waals surface area (Å²) in [5, 5.41) is 24.0. The number of hydrogen-bond donors (Lipinski definition) is 2. The van der Waals surface area contributed by atoms with Gasteiger partial charge in [0.25, 0.3) is 5.91 Å². The summed E-state index contributed by atoms with van der Waals surface area (Å²) in [6.07, 6.45) is 2.90. The zero-order chi connectivity index (χ0) is 18.6. The average Bonchev–Trinajstić information content (AvgIpc) is 3.15. The number of anilines is 1. The van der Waals surface area contributed by atoms with E-state index in [1.807, 2.05) is 6.92 Å². The molecule has 11 nitrogen and oxygen atoms in total. The summed E-state index contributed by atoms with van der Waals surface area (Å²) >= 11 is 0. The van der Waals surface area contributed by atoms with Crippen molar-refractivity contribution in [2.75, 3.05) is 12.4 Å². The summed E-state index contributed by atoms with van der Waals surface area (Å²) < 4.78 is 2.89. The summed E-state index contributed by atoms with van der Waals surface area (Å²) in [5.74, 6) is -0.752. The van der Waals surface area contributed by atoms with E-state index < -0.39 is 10.8 Å². The number of aryl methyl sites for hydroxylation is 3. The zero-order valence-corrected chi connectivity index (χ0v) is 14.1. The Balaban J connectivity index is 2.03. The zero-order valence-electron chi connectivity index (χ0n) is 14.1. The fourth-order valence-electron chi connectivity index (χ4n) is 2.19. The first kappa shape index (κ1) is 18.1. The van der Waals surface area contributed by atoms with Crippen LogP contribution in [0.25, 0.3) is 0 Å². The lowest BCUT2D eigenvalue weighted by atomic mass is 10.3. The molecule has 134 valence electrons. The van der Waals surface area contributed by atoms with Crippen molar-refractivity contribution in [1.29, 1.82) is 0 Å². The van der Waals surface area contributed by atoms with Crippen LogP contribution in [0.2, 0.25) is 0 Å². The topological polar surface area (TPSA) is 137 Å². The van der Waals surface area contributed by atoms with E-state index in [9.17, 15) is 19.7 Å². The van der Waals surface area contributed by atoms with Gasteiger partial charge >= 0.3 is 5.69 Å². The molecule has 0 aromatic carbocycles. The summed E-state index contributed by atoms with van der Waals surface area (Å²) in [4.78, 5) is 34.2. The fraction of sp³-hybridized carbons (Fsp3) is 0.429. The molecule has 2 aromatic heterocycles. The van der Waals surface area contributed by atoms with E-state index in [0.717, 1.165) is 0 Å². The van der Waals surface area contributed by atoms with Crippen LogP contribution in [0.15, 0.2) is 12.4 Å². The molecule has 0 aliphatic carbocycles. The maximum Gasteiger partial charge on any atom is 0.309 e. The van der Waals surface area contributed by atoms with Crippen molar-refractivity contribution < 1.29 is 14.5 Å². The minimum Gasteiger partial charge on any atom is -0.354 e. The van der Waals surface area contributed by atoms with Crippen molar-refractivity contribution in [3.63, 3.8) is 0 Å². The minimum absolute atomic E-state index is 0.0444. The molecule has 0 saturated carbocycles. The van der Waals surface area contributed by atoms with E-state index in [2.05, 4.69) is 20.8 Å². The molecule has 25 heavy (non-hydrogen) atoms. The predicted molar refractivity (Wildman–Crippen MR) is 88.2 cm³/mol. The largest absolute Gasteiger partial charge is 0.354 e. The Morgan fingerprint density at radius 1 is 1.28 bits per heavy atom. The van der Waals surface area contributed by atoms with Crippen molar-refractivity contribution >= 4 is 23.2 Å². The number of aromatic nitrogens is 4. The molecule has 0 atom stereocenters. The monoisotopic (exact) mass is 349 g/mol. The maximum absolute atomic E-state index is 12.1. The summed E-state index contributed by atoms with van der Waals surface area (Å²) in [6, 6.07) is 0. The molecule has 11 heteroatoms. The molecule has 0 bridgehead atoms. The van der Waals surface area contributed by atoms with Gasteiger partial charge in [0.05, 0.1) is 10.6 Å². The fourth-order valence-corrected chi connectivity index (χ4v) is 2.19. The molecular weight excluding hydrogens is 330 g/mol. The van der Waals surface area contributed by atoms with Gasteiger partial charge in [-0.15, -0.1) is 0 Å². The number of carbonyl (C=O) groups excluding carboxylic acids is 2. The average molecular weight is 349 g/mol. The van der Waals surface area contributed by atoms with E-state index in [1.54, 1.807) is 10.9 Å². The quantitative estimate of drug-likeness (QED) is 0.558. The van der Waals surface area contributed by atoms with Crippen molar-refractivity contribution in [3.8, 4) is 0 Å². The van der Waals surface area contributed by atoms with Crippen LogP contribution in [0.1, 0.15) is 29.5 Å². The lowest BCUT2D eigenvalue weighted by molar-refractivity contribution is -0.385. The molecule has 0 saturated heterocycles. The van der Waals surface area contributed by atoms with Crippen LogP contribution >= 0.6 is 0 Å². The van der Waals surface area contributed by atoms with Crippen molar-refractivity contribution in [2.24, 2.45) is 0 Å². The number of nitrogens with zero attached hydrogens (tertiary/aromatic N) is 5. The molecular formula is C14H19N7O4. The van der Waals surface area contributed by atoms with Gasteiger partial charge in [-0.2, -0.15) is 10.2 Å². The molecule has 0 radical (unpaired) electrons. The van der Waals surface area contributed by atoms with Crippen LogP contribution in [0.4, 0.5) is 11.4 Å². The van der Waals surface area contributed by atoms with E-state index in [1.165, 1.54) is 24.9 Å². The van der Waals surface area contributed by atoms with E-state index in [0.29, 0.717) is 12.2 Å². The Hall–Kier alpha value is -3.24. The van der Waals surface area contributed by atoms with Gasteiger partial charge in [0.1, 0.15) is 11.9 Å². The highest BCUT2D eigenvalue weighted by molar-refractivity contribution is 6.02. The molecule has 2 heterocycles. The molecule has 0 unspecified atom stereocenters. The first-order chi connectivity index (χ1) is 11.8. The molecule has 0 spiro atoms. The summed E-state index contributed by atoms with van der Waals surface area (Å²) in [6.45, 7) is 4.12. The molecule has 0 fully saturated rings. The van der Waals surface area contributed by atoms with Crippen molar-refractivity contribution in [3.05, 3.63) is 33.9 Å². The first-order valence-corrected chi connectivity index (χ1v) is 7.63. The highest BCUT2D eigenvalue weighted by Crippen LogP contribution is 2.16. The standard InChI is InChI=1S/C14H19N7O4/c1-4-19-7-10(13(18-19)14(23)15-3)16-12(22)5-6-20-8-11(21(24)25)9(2)17-20/h7-8H,4-6H2,1-3H3,(H,15,23)(H,16,22). The Bertz CT molecular complexity index is 808. The van der Waals surface area contributed by atoms with Gasteiger partial charge in [-0.1, -0.05) is 0 Å². The van der Waals surface area contributed by atoms with Crippen LogP contribution in [-0.4, -0.2) is 43.3 Å². The van der Waals surface area contributed by atoms with Gasteiger partial charge in [0.2, 0.25) is 5.91 Å². The molecule has 2 N–H and O–H groups in total. The van der Waals surface area contributed by atoms with Gasteiger partial charge in [0.15, 0.2) is 5.69 Å². The lowest BCUT2D eigenvalue weighted by Crippen LogP contribution is -2.22. The highest BCUT2D eigenvalue weighted by Gasteiger charge is 2.18. The van der Waals surface area contributed by atoms with Crippen LogP contribution in [0, 0.1) is 17.0 Å².